The zero-order valence-corrected chi connectivity index (χ0v) is 10.8. The van der Waals surface area contributed by atoms with E-state index >= 15 is 0 Å². The maximum absolute atomic E-state index is 12.2. The van der Waals surface area contributed by atoms with E-state index in [0.717, 1.165) is 11.1 Å². The Bertz CT molecular complexity index is 597. The van der Waals surface area contributed by atoms with Crippen LogP contribution in [0.15, 0.2) is 54.9 Å². The Kier molecular flexibility index (Phi) is 4.04. The van der Waals surface area contributed by atoms with Gasteiger partial charge >= 0.3 is 0 Å². The molecule has 1 atom stereocenters. The lowest BCUT2D eigenvalue weighted by Gasteiger charge is -2.06. The first-order chi connectivity index (χ1) is 9.20. The molecule has 3 nitrogen and oxygen atoms in total. The molecular weight excluding hydrogens is 236 g/mol. The van der Waals surface area contributed by atoms with Crippen LogP contribution in [0.25, 0.3) is 0 Å². The summed E-state index contributed by atoms with van der Waals surface area (Å²) in [6.45, 7) is 2.21. The standard InChI is InChI=1S/C16H15N2O/c1-13-7-9-18(10-8-13)12-16(19)15(11-17)14-5-3-2-4-6-14/h2-10,15H,12H2,1H3/q+1/t15-/m0/s1. The van der Waals surface area contributed by atoms with Gasteiger partial charge in [-0.3, -0.25) is 4.79 Å². The van der Waals surface area contributed by atoms with Gasteiger partial charge in [-0.05, 0) is 18.1 Å². The number of Topliss-reactive ketones (excluding diaryl/α,β-unsaturated/α-hetero) is 1. The number of carbonyl (C=O) groups excluding carboxylic acids is 1. The van der Waals surface area contributed by atoms with Crippen molar-refractivity contribution in [3.63, 3.8) is 0 Å². The number of rotatable bonds is 4. The van der Waals surface area contributed by atoms with Gasteiger partial charge in [-0.2, -0.15) is 9.83 Å². The van der Waals surface area contributed by atoms with Crippen molar-refractivity contribution < 1.29 is 9.36 Å². The molecule has 1 aromatic carbocycles. The molecule has 19 heavy (non-hydrogen) atoms. The maximum atomic E-state index is 12.2. The maximum Gasteiger partial charge on any atom is 0.218 e. The van der Waals surface area contributed by atoms with Crippen molar-refractivity contribution in [1.29, 1.82) is 5.26 Å². The Morgan fingerprint density at radius 3 is 2.42 bits per heavy atom. The number of nitriles is 1. The topological polar surface area (TPSA) is 44.7 Å². The quantitative estimate of drug-likeness (QED) is 0.782. The van der Waals surface area contributed by atoms with Crippen LogP contribution in [0, 0.1) is 18.3 Å². The second-order valence-corrected chi connectivity index (χ2v) is 4.49. The summed E-state index contributed by atoms with van der Waals surface area (Å²) in [6.07, 6.45) is 3.71. The van der Waals surface area contributed by atoms with Crippen LogP contribution in [0.2, 0.25) is 0 Å². The zero-order chi connectivity index (χ0) is 13.7. The number of aromatic nitrogens is 1. The highest BCUT2D eigenvalue weighted by Gasteiger charge is 2.23. The van der Waals surface area contributed by atoms with Crippen molar-refractivity contribution in [2.45, 2.75) is 19.4 Å². The van der Waals surface area contributed by atoms with Gasteiger partial charge in [-0.15, -0.1) is 0 Å². The Labute approximate surface area is 112 Å². The van der Waals surface area contributed by atoms with Gasteiger partial charge < -0.3 is 0 Å². The predicted molar refractivity (Wildman–Crippen MR) is 71.2 cm³/mol. The number of carbonyl (C=O) groups is 1. The molecule has 0 fully saturated rings. The molecule has 0 bridgehead atoms. The summed E-state index contributed by atoms with van der Waals surface area (Å²) < 4.78 is 1.79. The van der Waals surface area contributed by atoms with Crippen LogP contribution < -0.4 is 4.57 Å². The average Bonchev–Trinajstić information content (AvgIpc) is 2.43. The number of nitrogens with zero attached hydrogens (tertiary/aromatic N) is 2. The smallest absolute Gasteiger partial charge is 0.218 e. The van der Waals surface area contributed by atoms with Gasteiger partial charge in [0.2, 0.25) is 12.3 Å². The molecule has 2 aromatic rings. The Balaban J connectivity index is 2.14. The van der Waals surface area contributed by atoms with E-state index in [1.54, 1.807) is 4.57 Å². The van der Waals surface area contributed by atoms with Crippen LogP contribution in [0.3, 0.4) is 0 Å². The van der Waals surface area contributed by atoms with E-state index in [2.05, 4.69) is 6.07 Å². The first-order valence-electron chi connectivity index (χ1n) is 6.13. The highest BCUT2D eigenvalue weighted by atomic mass is 16.1. The van der Waals surface area contributed by atoms with E-state index < -0.39 is 5.92 Å². The van der Waals surface area contributed by atoms with Gasteiger partial charge in [0, 0.05) is 12.1 Å². The van der Waals surface area contributed by atoms with E-state index in [0.29, 0.717) is 0 Å². The third-order valence-electron chi connectivity index (χ3n) is 2.98. The van der Waals surface area contributed by atoms with E-state index in [9.17, 15) is 10.1 Å². The second-order valence-electron chi connectivity index (χ2n) is 4.49. The Hall–Kier alpha value is -2.47. The van der Waals surface area contributed by atoms with Gasteiger partial charge in [0.1, 0.15) is 5.92 Å². The average molecular weight is 251 g/mol. The van der Waals surface area contributed by atoms with E-state index in [4.69, 9.17) is 0 Å². The minimum atomic E-state index is -0.699. The van der Waals surface area contributed by atoms with Crippen molar-refractivity contribution >= 4 is 5.78 Å². The SMILES string of the molecule is Cc1cc[n+](CC(=O)[C@@H](C#N)c2ccccc2)cc1. The summed E-state index contributed by atoms with van der Waals surface area (Å²) in [6, 6.07) is 15.1. The lowest BCUT2D eigenvalue weighted by Crippen LogP contribution is -2.38. The van der Waals surface area contributed by atoms with Crippen LogP contribution in [-0.2, 0) is 11.3 Å². The summed E-state index contributed by atoms with van der Waals surface area (Å²) in [7, 11) is 0. The van der Waals surface area contributed by atoms with Crippen molar-refractivity contribution in [3.05, 3.63) is 66.0 Å². The number of benzene rings is 1. The third-order valence-corrected chi connectivity index (χ3v) is 2.98. The Morgan fingerprint density at radius 2 is 1.84 bits per heavy atom. The summed E-state index contributed by atoms with van der Waals surface area (Å²) in [5, 5.41) is 9.19. The van der Waals surface area contributed by atoms with Crippen molar-refractivity contribution in [1.82, 2.24) is 0 Å². The van der Waals surface area contributed by atoms with Gasteiger partial charge in [-0.25, -0.2) is 0 Å². The molecule has 3 heteroatoms. The van der Waals surface area contributed by atoms with Gasteiger partial charge in [0.15, 0.2) is 12.4 Å². The molecule has 0 aliphatic rings. The first-order valence-corrected chi connectivity index (χ1v) is 6.13. The second kappa shape index (κ2) is 5.92. The number of hydrogen-bond donors (Lipinski definition) is 0. The Morgan fingerprint density at radius 1 is 1.21 bits per heavy atom. The molecule has 2 rings (SSSR count). The molecule has 0 aliphatic heterocycles. The number of hydrogen-bond acceptors (Lipinski definition) is 2. The van der Waals surface area contributed by atoms with E-state index in [-0.39, 0.29) is 12.3 Å². The fourth-order valence-electron chi connectivity index (χ4n) is 1.89. The summed E-state index contributed by atoms with van der Waals surface area (Å²) >= 11 is 0. The van der Waals surface area contributed by atoms with Crippen LogP contribution in [0.5, 0.6) is 0 Å². The third kappa shape index (κ3) is 3.26. The molecule has 0 amide bonds. The molecule has 0 saturated heterocycles. The van der Waals surface area contributed by atoms with Crippen molar-refractivity contribution in [2.75, 3.05) is 0 Å². The molecule has 0 aliphatic carbocycles. The number of aryl methyl sites for hydroxylation is 1. The number of ketones is 1. The molecule has 0 radical (unpaired) electrons. The molecule has 94 valence electrons. The van der Waals surface area contributed by atoms with Crippen LogP contribution in [-0.4, -0.2) is 5.78 Å². The van der Waals surface area contributed by atoms with E-state index in [1.807, 2.05) is 61.8 Å². The van der Waals surface area contributed by atoms with Gasteiger partial charge in [0.05, 0.1) is 6.07 Å². The minimum absolute atomic E-state index is 0.0949. The predicted octanol–water partition coefficient (Wildman–Crippen LogP) is 2.16. The minimum Gasteiger partial charge on any atom is -0.291 e. The summed E-state index contributed by atoms with van der Waals surface area (Å²) in [5.74, 6) is -0.794. The first kappa shape index (κ1) is 13.0. The lowest BCUT2D eigenvalue weighted by molar-refractivity contribution is -0.684. The van der Waals surface area contributed by atoms with Crippen molar-refractivity contribution in [2.24, 2.45) is 0 Å². The normalized spacial score (nSPS) is 11.6. The zero-order valence-electron chi connectivity index (χ0n) is 10.8. The number of pyridine rings is 1. The highest BCUT2D eigenvalue weighted by Crippen LogP contribution is 2.15. The molecule has 0 spiro atoms. The molecule has 1 heterocycles. The van der Waals surface area contributed by atoms with Crippen LogP contribution >= 0.6 is 0 Å². The largest absolute Gasteiger partial charge is 0.291 e. The fraction of sp³-hybridized carbons (Fsp3) is 0.188. The highest BCUT2D eigenvalue weighted by molar-refractivity contribution is 5.87. The molecular formula is C16H15N2O+. The van der Waals surface area contributed by atoms with Gasteiger partial charge in [-0.1, -0.05) is 30.3 Å². The summed E-state index contributed by atoms with van der Waals surface area (Å²) in [4.78, 5) is 12.2. The lowest BCUT2D eigenvalue weighted by atomic mass is 9.96. The van der Waals surface area contributed by atoms with Crippen LogP contribution in [0.1, 0.15) is 17.0 Å². The summed E-state index contributed by atoms with van der Waals surface area (Å²) in [5.41, 5.74) is 1.89. The molecule has 0 unspecified atom stereocenters. The molecule has 0 N–H and O–H groups in total. The van der Waals surface area contributed by atoms with E-state index in [1.165, 1.54) is 0 Å². The monoisotopic (exact) mass is 251 g/mol. The fourth-order valence-corrected chi connectivity index (χ4v) is 1.89. The molecule has 1 aromatic heterocycles. The van der Waals surface area contributed by atoms with Crippen molar-refractivity contribution in [3.8, 4) is 6.07 Å². The van der Waals surface area contributed by atoms with Crippen LogP contribution in [0.4, 0.5) is 0 Å². The molecule has 0 saturated carbocycles. The van der Waals surface area contributed by atoms with Gasteiger partial charge in [0.25, 0.3) is 0 Å².